The normalized spacial score (nSPS) is 7.55. The molecule has 2 heteroatoms. The number of ether oxygens (including phenoxy) is 1. The predicted octanol–water partition coefficient (Wildman–Crippen LogP) is 2.23. The fourth-order valence-corrected chi connectivity index (χ4v) is 0.683. The molecule has 0 aromatic heterocycles. The number of nitriles is 1. The molecule has 0 aliphatic carbocycles. The van der Waals surface area contributed by atoms with Crippen LogP contribution >= 0.6 is 0 Å². The molecular formula is C9H11NO. The van der Waals surface area contributed by atoms with E-state index in [1.807, 2.05) is 37.3 Å². The van der Waals surface area contributed by atoms with Gasteiger partial charge >= 0.3 is 0 Å². The lowest BCUT2D eigenvalue weighted by molar-refractivity contribution is 0.340. The van der Waals surface area contributed by atoms with Gasteiger partial charge in [-0.2, -0.15) is 0 Å². The average molecular weight is 149 g/mol. The number of hydrogen-bond donors (Lipinski definition) is 0. The number of rotatable bonds is 2. The Hall–Kier alpha value is -1.49. The standard InChI is InChI=1S/C8H10O.CHN/c1-2-9-8-6-4-3-5-7-8;1-2/h3-7H,2H2,1H3;1H. The monoisotopic (exact) mass is 149 g/mol. The lowest BCUT2D eigenvalue weighted by Crippen LogP contribution is -1.89. The summed E-state index contributed by atoms with van der Waals surface area (Å²) in [6, 6.07) is 9.80. The minimum atomic E-state index is 0.740. The molecule has 58 valence electrons. The predicted molar refractivity (Wildman–Crippen MR) is 44.3 cm³/mol. The van der Waals surface area contributed by atoms with E-state index in [1.165, 1.54) is 0 Å². The van der Waals surface area contributed by atoms with E-state index in [0.717, 1.165) is 12.4 Å². The third-order valence-electron chi connectivity index (χ3n) is 1.05. The highest BCUT2D eigenvalue weighted by atomic mass is 16.5. The zero-order valence-electron chi connectivity index (χ0n) is 6.53. The SMILES string of the molecule is C#N.CCOc1ccccc1. The highest BCUT2D eigenvalue weighted by Gasteiger charge is 1.83. The molecule has 1 aromatic rings. The van der Waals surface area contributed by atoms with E-state index in [1.54, 1.807) is 0 Å². The molecule has 0 radical (unpaired) electrons. The summed E-state index contributed by atoms with van der Waals surface area (Å²) in [5, 5.41) is 6.50. The van der Waals surface area contributed by atoms with Gasteiger partial charge in [0.2, 0.25) is 0 Å². The number of nitrogens with zero attached hydrogens (tertiary/aromatic N) is 1. The van der Waals surface area contributed by atoms with Crippen LogP contribution in [0.15, 0.2) is 30.3 Å². The molecule has 0 saturated carbocycles. The zero-order valence-corrected chi connectivity index (χ0v) is 6.53. The van der Waals surface area contributed by atoms with Gasteiger partial charge in [0.25, 0.3) is 0 Å². The largest absolute Gasteiger partial charge is 0.494 e. The van der Waals surface area contributed by atoms with Crippen LogP contribution in [0.2, 0.25) is 0 Å². The lowest BCUT2D eigenvalue weighted by Gasteiger charge is -1.99. The molecule has 0 atom stereocenters. The molecule has 1 rings (SSSR count). The van der Waals surface area contributed by atoms with Crippen LogP contribution in [0, 0.1) is 11.8 Å². The second-order valence-electron chi connectivity index (χ2n) is 1.75. The minimum Gasteiger partial charge on any atom is -0.494 e. The Labute approximate surface area is 67.0 Å². The Morgan fingerprint density at radius 1 is 1.27 bits per heavy atom. The topological polar surface area (TPSA) is 33.0 Å². The Kier molecular flexibility index (Phi) is 5.73. The third-order valence-corrected chi connectivity index (χ3v) is 1.05. The van der Waals surface area contributed by atoms with Crippen LogP contribution in [0.1, 0.15) is 6.92 Å². The Morgan fingerprint density at radius 3 is 2.27 bits per heavy atom. The van der Waals surface area contributed by atoms with Crippen molar-refractivity contribution >= 4 is 0 Å². The lowest BCUT2D eigenvalue weighted by atomic mass is 10.3. The molecule has 1 aromatic carbocycles. The fourth-order valence-electron chi connectivity index (χ4n) is 0.683. The zero-order chi connectivity index (χ0) is 8.53. The van der Waals surface area contributed by atoms with Gasteiger partial charge in [0.1, 0.15) is 5.75 Å². The second-order valence-corrected chi connectivity index (χ2v) is 1.75. The molecule has 11 heavy (non-hydrogen) atoms. The summed E-state index contributed by atoms with van der Waals surface area (Å²) >= 11 is 0. The van der Waals surface area contributed by atoms with Gasteiger partial charge in [-0.25, -0.2) is 5.26 Å². The van der Waals surface area contributed by atoms with E-state index < -0.39 is 0 Å². The van der Waals surface area contributed by atoms with Crippen LogP contribution in [0.4, 0.5) is 0 Å². The van der Waals surface area contributed by atoms with Crippen molar-refractivity contribution in [3.8, 4) is 12.3 Å². The summed E-state index contributed by atoms with van der Waals surface area (Å²) in [5.41, 5.74) is 0. The van der Waals surface area contributed by atoms with Gasteiger partial charge in [0.05, 0.1) is 6.61 Å². The van der Waals surface area contributed by atoms with E-state index in [4.69, 9.17) is 10.00 Å². The van der Waals surface area contributed by atoms with Crippen molar-refractivity contribution in [3.05, 3.63) is 30.3 Å². The smallest absolute Gasteiger partial charge is 0.119 e. The van der Waals surface area contributed by atoms with Crippen molar-refractivity contribution < 1.29 is 4.74 Å². The summed E-state index contributed by atoms with van der Waals surface area (Å²) in [6.45, 7) is 6.22. The summed E-state index contributed by atoms with van der Waals surface area (Å²) in [7, 11) is 0. The first kappa shape index (κ1) is 9.51. The average Bonchev–Trinajstić information content (AvgIpc) is 2.11. The van der Waals surface area contributed by atoms with E-state index >= 15 is 0 Å². The van der Waals surface area contributed by atoms with E-state index in [0.29, 0.717) is 0 Å². The van der Waals surface area contributed by atoms with Crippen molar-refractivity contribution in [1.82, 2.24) is 0 Å². The molecule has 2 nitrogen and oxygen atoms in total. The first-order valence-corrected chi connectivity index (χ1v) is 3.37. The van der Waals surface area contributed by atoms with Gasteiger partial charge in [0, 0.05) is 6.57 Å². The molecule has 0 bridgehead atoms. The van der Waals surface area contributed by atoms with Crippen LogP contribution in [0.25, 0.3) is 0 Å². The van der Waals surface area contributed by atoms with Gasteiger partial charge in [0.15, 0.2) is 0 Å². The van der Waals surface area contributed by atoms with Crippen molar-refractivity contribution in [2.45, 2.75) is 6.92 Å². The molecule has 0 fully saturated rings. The molecule has 0 saturated heterocycles. The maximum atomic E-state index is 6.50. The summed E-state index contributed by atoms with van der Waals surface area (Å²) in [5.74, 6) is 0.944. The molecule has 0 N–H and O–H groups in total. The summed E-state index contributed by atoms with van der Waals surface area (Å²) in [4.78, 5) is 0. The van der Waals surface area contributed by atoms with E-state index in [2.05, 4.69) is 6.57 Å². The molecule has 0 aliphatic rings. The Morgan fingerprint density at radius 2 is 1.82 bits per heavy atom. The molecule has 0 amide bonds. The van der Waals surface area contributed by atoms with Crippen molar-refractivity contribution in [2.75, 3.05) is 6.61 Å². The maximum absolute atomic E-state index is 6.50. The van der Waals surface area contributed by atoms with Crippen molar-refractivity contribution in [1.29, 1.82) is 5.26 Å². The number of benzene rings is 1. The molecule has 0 unspecified atom stereocenters. The van der Waals surface area contributed by atoms with Crippen LogP contribution in [0.3, 0.4) is 0 Å². The Bertz CT molecular complexity index is 193. The number of hydrogen-bond acceptors (Lipinski definition) is 2. The minimum absolute atomic E-state index is 0.740. The summed E-state index contributed by atoms with van der Waals surface area (Å²) < 4.78 is 5.21. The van der Waals surface area contributed by atoms with Gasteiger partial charge in [-0.3, -0.25) is 0 Å². The van der Waals surface area contributed by atoms with Gasteiger partial charge in [-0.1, -0.05) is 18.2 Å². The third kappa shape index (κ3) is 3.99. The van der Waals surface area contributed by atoms with Crippen molar-refractivity contribution in [3.63, 3.8) is 0 Å². The van der Waals surface area contributed by atoms with Gasteiger partial charge < -0.3 is 4.74 Å². The van der Waals surface area contributed by atoms with Crippen LogP contribution in [0.5, 0.6) is 5.75 Å². The molecule has 0 aliphatic heterocycles. The fraction of sp³-hybridized carbons (Fsp3) is 0.222. The van der Waals surface area contributed by atoms with Crippen LogP contribution < -0.4 is 4.74 Å². The molecular weight excluding hydrogens is 138 g/mol. The van der Waals surface area contributed by atoms with Gasteiger partial charge in [-0.05, 0) is 19.1 Å². The Balaban J connectivity index is 0.000000461. The van der Waals surface area contributed by atoms with E-state index in [9.17, 15) is 0 Å². The highest BCUT2D eigenvalue weighted by molar-refractivity contribution is 5.20. The van der Waals surface area contributed by atoms with Crippen LogP contribution in [-0.2, 0) is 0 Å². The first-order valence-electron chi connectivity index (χ1n) is 3.37. The quantitative estimate of drug-likeness (QED) is 0.646. The van der Waals surface area contributed by atoms with E-state index in [-0.39, 0.29) is 0 Å². The molecule has 0 spiro atoms. The first-order chi connectivity index (χ1) is 5.43. The highest BCUT2D eigenvalue weighted by Crippen LogP contribution is 2.06. The van der Waals surface area contributed by atoms with Gasteiger partial charge in [-0.15, -0.1) is 0 Å². The second kappa shape index (κ2) is 6.63. The van der Waals surface area contributed by atoms with Crippen LogP contribution in [-0.4, -0.2) is 6.61 Å². The van der Waals surface area contributed by atoms with Crippen molar-refractivity contribution in [2.24, 2.45) is 0 Å². The molecule has 0 heterocycles. The number of para-hydroxylation sites is 1. The maximum Gasteiger partial charge on any atom is 0.119 e. The summed E-state index contributed by atoms with van der Waals surface area (Å²) in [6.07, 6.45) is 0.